The average molecular weight is 270 g/mol. The molecule has 2 unspecified atom stereocenters. The number of carbonyl (C=O) groups excluding carboxylic acids is 1. The van der Waals surface area contributed by atoms with E-state index in [-0.39, 0.29) is 12.3 Å². The molecule has 0 spiro atoms. The lowest BCUT2D eigenvalue weighted by Crippen LogP contribution is -2.56. The second-order valence-corrected chi connectivity index (χ2v) is 5.82. The van der Waals surface area contributed by atoms with Crippen molar-refractivity contribution in [2.75, 3.05) is 6.54 Å². The van der Waals surface area contributed by atoms with Gasteiger partial charge < -0.3 is 16.2 Å². The lowest BCUT2D eigenvalue weighted by atomic mass is 9.76. The monoisotopic (exact) mass is 270 g/mol. The van der Waals surface area contributed by atoms with Crippen LogP contribution in [0.25, 0.3) is 0 Å². The van der Waals surface area contributed by atoms with Crippen LogP contribution in [0.5, 0.6) is 0 Å². The molecule has 2 atom stereocenters. The standard InChI is InChI=1S/C14H26N2O3/c1-11-6-5-8-14(15,10-11)13(19)16-9-4-2-3-7-12(17)18/h11H,2-10,15H2,1H3,(H,16,19)(H,17,18). The van der Waals surface area contributed by atoms with Gasteiger partial charge >= 0.3 is 5.97 Å². The van der Waals surface area contributed by atoms with Crippen molar-refractivity contribution in [3.8, 4) is 0 Å². The van der Waals surface area contributed by atoms with E-state index < -0.39 is 11.5 Å². The normalized spacial score (nSPS) is 26.9. The number of nitrogens with two attached hydrogens (primary N) is 1. The van der Waals surface area contributed by atoms with Gasteiger partial charge in [0.15, 0.2) is 0 Å². The summed E-state index contributed by atoms with van der Waals surface area (Å²) in [5.41, 5.74) is 5.49. The van der Waals surface area contributed by atoms with E-state index in [0.717, 1.165) is 38.5 Å². The smallest absolute Gasteiger partial charge is 0.303 e. The summed E-state index contributed by atoms with van der Waals surface area (Å²) in [7, 11) is 0. The Balaban J connectivity index is 2.18. The molecule has 110 valence electrons. The summed E-state index contributed by atoms with van der Waals surface area (Å²) in [5, 5.41) is 11.4. The molecule has 1 fully saturated rings. The molecular weight excluding hydrogens is 244 g/mol. The van der Waals surface area contributed by atoms with Crippen LogP contribution in [-0.4, -0.2) is 29.1 Å². The van der Waals surface area contributed by atoms with Crippen LogP contribution >= 0.6 is 0 Å². The van der Waals surface area contributed by atoms with E-state index in [2.05, 4.69) is 12.2 Å². The van der Waals surface area contributed by atoms with E-state index in [1.165, 1.54) is 0 Å². The van der Waals surface area contributed by atoms with Gasteiger partial charge in [0.05, 0.1) is 5.54 Å². The minimum Gasteiger partial charge on any atom is -0.481 e. The molecule has 0 heterocycles. The summed E-state index contributed by atoms with van der Waals surface area (Å²) in [6, 6.07) is 0. The second-order valence-electron chi connectivity index (χ2n) is 5.82. The summed E-state index contributed by atoms with van der Waals surface area (Å²) in [6.45, 7) is 2.73. The lowest BCUT2D eigenvalue weighted by Gasteiger charge is -2.35. The molecule has 5 nitrogen and oxygen atoms in total. The second kappa shape index (κ2) is 7.48. The molecule has 0 aromatic rings. The molecule has 5 heteroatoms. The average Bonchev–Trinajstić information content (AvgIpc) is 2.32. The van der Waals surface area contributed by atoms with Crippen LogP contribution < -0.4 is 11.1 Å². The number of nitrogens with one attached hydrogen (secondary N) is 1. The minimum absolute atomic E-state index is 0.0442. The number of carboxylic acid groups (broad SMARTS) is 1. The van der Waals surface area contributed by atoms with Gasteiger partial charge in [-0.3, -0.25) is 9.59 Å². The summed E-state index contributed by atoms with van der Waals surface area (Å²) in [6.07, 6.45) is 6.19. The van der Waals surface area contributed by atoms with Gasteiger partial charge in [0.2, 0.25) is 5.91 Å². The maximum atomic E-state index is 12.1. The third-order valence-corrected chi connectivity index (χ3v) is 3.84. The number of hydrogen-bond donors (Lipinski definition) is 3. The number of aliphatic carboxylic acids is 1. The highest BCUT2D eigenvalue weighted by Gasteiger charge is 2.37. The third-order valence-electron chi connectivity index (χ3n) is 3.84. The first-order valence-electron chi connectivity index (χ1n) is 7.23. The number of rotatable bonds is 7. The topological polar surface area (TPSA) is 92.4 Å². The zero-order chi connectivity index (χ0) is 14.3. The summed E-state index contributed by atoms with van der Waals surface area (Å²) in [5.74, 6) is -0.293. The minimum atomic E-state index is -0.763. The highest BCUT2D eigenvalue weighted by atomic mass is 16.4. The first kappa shape index (κ1) is 16.0. The van der Waals surface area contributed by atoms with Gasteiger partial charge in [0, 0.05) is 13.0 Å². The summed E-state index contributed by atoms with van der Waals surface area (Å²) in [4.78, 5) is 22.4. The molecule has 1 saturated carbocycles. The predicted molar refractivity (Wildman–Crippen MR) is 73.7 cm³/mol. The fourth-order valence-corrected chi connectivity index (χ4v) is 2.75. The van der Waals surface area contributed by atoms with E-state index in [1.54, 1.807) is 0 Å². The molecule has 1 rings (SSSR count). The molecule has 0 radical (unpaired) electrons. The van der Waals surface area contributed by atoms with E-state index in [0.29, 0.717) is 18.9 Å². The highest BCUT2D eigenvalue weighted by Crippen LogP contribution is 2.30. The molecule has 1 amide bonds. The van der Waals surface area contributed by atoms with Crippen molar-refractivity contribution in [2.24, 2.45) is 11.7 Å². The zero-order valence-electron chi connectivity index (χ0n) is 11.8. The van der Waals surface area contributed by atoms with E-state index >= 15 is 0 Å². The maximum Gasteiger partial charge on any atom is 0.303 e. The van der Waals surface area contributed by atoms with E-state index in [9.17, 15) is 9.59 Å². The summed E-state index contributed by atoms with van der Waals surface area (Å²) >= 11 is 0. The Morgan fingerprint density at radius 3 is 2.74 bits per heavy atom. The first-order valence-corrected chi connectivity index (χ1v) is 7.23. The maximum absolute atomic E-state index is 12.1. The SMILES string of the molecule is CC1CCCC(N)(C(=O)NCCCCCC(=O)O)C1. The molecule has 0 aromatic carbocycles. The molecule has 1 aliphatic carbocycles. The Bertz CT molecular complexity index is 320. The highest BCUT2D eigenvalue weighted by molar-refractivity contribution is 5.86. The van der Waals surface area contributed by atoms with Crippen LogP contribution in [-0.2, 0) is 9.59 Å². The van der Waals surface area contributed by atoms with Gasteiger partial charge in [-0.1, -0.05) is 26.2 Å². The van der Waals surface area contributed by atoms with Gasteiger partial charge in [-0.2, -0.15) is 0 Å². The van der Waals surface area contributed by atoms with Crippen molar-refractivity contribution in [2.45, 2.75) is 63.8 Å². The number of unbranched alkanes of at least 4 members (excludes halogenated alkanes) is 2. The molecule has 1 aliphatic rings. The number of carboxylic acids is 1. The van der Waals surface area contributed by atoms with Gasteiger partial charge in [-0.25, -0.2) is 0 Å². The predicted octanol–water partition coefficient (Wildman–Crippen LogP) is 1.66. The van der Waals surface area contributed by atoms with Crippen molar-refractivity contribution in [1.29, 1.82) is 0 Å². The van der Waals surface area contributed by atoms with Gasteiger partial charge in [0.25, 0.3) is 0 Å². The molecule has 4 N–H and O–H groups in total. The van der Waals surface area contributed by atoms with Crippen LogP contribution in [0, 0.1) is 5.92 Å². The zero-order valence-corrected chi connectivity index (χ0v) is 11.8. The van der Waals surface area contributed by atoms with Gasteiger partial charge in [-0.05, 0) is 31.6 Å². The van der Waals surface area contributed by atoms with Gasteiger partial charge in [-0.15, -0.1) is 0 Å². The van der Waals surface area contributed by atoms with Crippen molar-refractivity contribution in [3.05, 3.63) is 0 Å². The number of carbonyl (C=O) groups is 2. The van der Waals surface area contributed by atoms with Crippen LogP contribution in [0.1, 0.15) is 58.3 Å². The molecule has 0 aliphatic heterocycles. The molecular formula is C14H26N2O3. The largest absolute Gasteiger partial charge is 0.481 e. The van der Waals surface area contributed by atoms with E-state index in [4.69, 9.17) is 10.8 Å². The van der Waals surface area contributed by atoms with Crippen LogP contribution in [0.15, 0.2) is 0 Å². The molecule has 19 heavy (non-hydrogen) atoms. The van der Waals surface area contributed by atoms with Crippen molar-refractivity contribution in [1.82, 2.24) is 5.32 Å². The fourth-order valence-electron chi connectivity index (χ4n) is 2.75. The van der Waals surface area contributed by atoms with Crippen molar-refractivity contribution in [3.63, 3.8) is 0 Å². The van der Waals surface area contributed by atoms with Crippen LogP contribution in [0.3, 0.4) is 0 Å². The quantitative estimate of drug-likeness (QED) is 0.613. The van der Waals surface area contributed by atoms with Crippen molar-refractivity contribution < 1.29 is 14.7 Å². The van der Waals surface area contributed by atoms with Crippen LogP contribution in [0.2, 0.25) is 0 Å². The third kappa shape index (κ3) is 5.59. The number of hydrogen-bond acceptors (Lipinski definition) is 3. The lowest BCUT2D eigenvalue weighted by molar-refractivity contribution is -0.137. The Kier molecular flexibility index (Phi) is 6.28. The Hall–Kier alpha value is -1.10. The van der Waals surface area contributed by atoms with E-state index in [1.807, 2.05) is 0 Å². The molecule has 0 bridgehead atoms. The molecule has 0 aromatic heterocycles. The number of amides is 1. The molecule has 0 saturated heterocycles. The van der Waals surface area contributed by atoms with Crippen LogP contribution in [0.4, 0.5) is 0 Å². The van der Waals surface area contributed by atoms with Crippen molar-refractivity contribution >= 4 is 11.9 Å². The summed E-state index contributed by atoms with van der Waals surface area (Å²) < 4.78 is 0. The van der Waals surface area contributed by atoms with Gasteiger partial charge in [0.1, 0.15) is 0 Å². The Morgan fingerprint density at radius 2 is 2.11 bits per heavy atom. The first-order chi connectivity index (χ1) is 8.94. The fraction of sp³-hybridized carbons (Fsp3) is 0.857. The Labute approximate surface area is 114 Å². The Morgan fingerprint density at radius 1 is 1.37 bits per heavy atom.